The molecule has 4 aromatic rings. The van der Waals surface area contributed by atoms with Crippen molar-refractivity contribution in [3.05, 3.63) is 83.8 Å². The number of aromatic nitrogens is 4. The Morgan fingerprint density at radius 3 is 2.70 bits per heavy atom. The summed E-state index contributed by atoms with van der Waals surface area (Å²) in [7, 11) is 1.87. The Balaban J connectivity index is 1.59. The number of hydrogen-bond acceptors (Lipinski definition) is 5. The maximum Gasteiger partial charge on any atom is 0.416 e. The van der Waals surface area contributed by atoms with Crippen LogP contribution in [-0.4, -0.2) is 31.0 Å². The summed E-state index contributed by atoms with van der Waals surface area (Å²) < 4.78 is 48.6. The van der Waals surface area contributed by atoms with Crippen molar-refractivity contribution in [1.82, 2.24) is 24.6 Å². The van der Waals surface area contributed by atoms with E-state index in [1.165, 1.54) is 12.3 Å². The summed E-state index contributed by atoms with van der Waals surface area (Å²) in [5.74, 6) is 0.834. The Hall–Kier alpha value is -3.47. The smallest absolute Gasteiger partial charge is 0.416 e. The average Bonchev–Trinajstić information content (AvgIpc) is 3.53. The van der Waals surface area contributed by atoms with Crippen LogP contribution >= 0.6 is 11.8 Å². The summed E-state index contributed by atoms with van der Waals surface area (Å²) in [6.07, 6.45) is -0.735. The topological polar surface area (TPSA) is 77.9 Å². The Labute approximate surface area is 191 Å². The number of benzene rings is 1. The lowest BCUT2D eigenvalue weighted by Gasteiger charge is -2.13. The second kappa shape index (κ2) is 9.57. The maximum atomic E-state index is 13.3. The minimum atomic E-state index is -4.48. The van der Waals surface area contributed by atoms with E-state index < -0.39 is 11.7 Å². The largest absolute Gasteiger partial charge is 0.467 e. The molecule has 1 aromatic carbocycles. The van der Waals surface area contributed by atoms with E-state index in [0.29, 0.717) is 23.2 Å². The van der Waals surface area contributed by atoms with E-state index >= 15 is 0 Å². The number of nitrogens with zero attached hydrogens (tertiary/aromatic N) is 4. The summed E-state index contributed by atoms with van der Waals surface area (Å²) in [4.78, 5) is 12.3. The fourth-order valence-electron chi connectivity index (χ4n) is 3.21. The fraction of sp³-hybridized carbons (Fsp3) is 0.227. The zero-order valence-electron chi connectivity index (χ0n) is 17.5. The van der Waals surface area contributed by atoms with E-state index in [1.54, 1.807) is 22.8 Å². The van der Waals surface area contributed by atoms with Crippen molar-refractivity contribution >= 4 is 17.7 Å². The first-order chi connectivity index (χ1) is 15.8. The molecular weight excluding hydrogens is 455 g/mol. The van der Waals surface area contributed by atoms with Gasteiger partial charge in [0.2, 0.25) is 5.91 Å². The van der Waals surface area contributed by atoms with Gasteiger partial charge in [0.15, 0.2) is 5.16 Å². The molecule has 0 saturated carbocycles. The van der Waals surface area contributed by atoms with E-state index in [2.05, 4.69) is 15.5 Å². The molecule has 33 heavy (non-hydrogen) atoms. The van der Waals surface area contributed by atoms with Gasteiger partial charge in [-0.25, -0.2) is 0 Å². The second-order valence-electron chi connectivity index (χ2n) is 7.21. The van der Waals surface area contributed by atoms with Crippen molar-refractivity contribution in [2.45, 2.75) is 24.3 Å². The zero-order chi connectivity index (χ0) is 23.4. The Morgan fingerprint density at radius 2 is 2.00 bits per heavy atom. The molecule has 1 amide bonds. The molecule has 11 heteroatoms. The molecule has 0 bridgehead atoms. The number of halogens is 3. The van der Waals surface area contributed by atoms with Crippen LogP contribution in [0.15, 0.2) is 70.6 Å². The zero-order valence-corrected chi connectivity index (χ0v) is 18.4. The minimum Gasteiger partial charge on any atom is -0.467 e. The Kier molecular flexibility index (Phi) is 6.59. The van der Waals surface area contributed by atoms with Gasteiger partial charge in [0, 0.05) is 25.4 Å². The van der Waals surface area contributed by atoms with Gasteiger partial charge in [0.25, 0.3) is 0 Å². The van der Waals surface area contributed by atoms with Crippen LogP contribution < -0.4 is 5.32 Å². The van der Waals surface area contributed by atoms with Crippen LogP contribution in [0.2, 0.25) is 0 Å². The Morgan fingerprint density at radius 1 is 1.15 bits per heavy atom. The quantitative estimate of drug-likeness (QED) is 0.386. The second-order valence-corrected chi connectivity index (χ2v) is 8.16. The number of hydrogen-bond donors (Lipinski definition) is 1. The first kappa shape index (κ1) is 22.7. The van der Waals surface area contributed by atoms with Crippen LogP contribution in [-0.2, 0) is 31.0 Å². The minimum absolute atomic E-state index is 0.0158. The molecule has 0 aliphatic heterocycles. The molecular formula is C22H20F3N5O2S. The highest BCUT2D eigenvalue weighted by atomic mass is 32.2. The molecule has 0 fully saturated rings. The van der Waals surface area contributed by atoms with Gasteiger partial charge in [-0.05, 0) is 42.5 Å². The molecule has 0 spiro atoms. The summed E-state index contributed by atoms with van der Waals surface area (Å²) >= 11 is 1.10. The van der Waals surface area contributed by atoms with E-state index in [1.807, 2.05) is 29.9 Å². The van der Waals surface area contributed by atoms with Gasteiger partial charge in [0.1, 0.15) is 11.6 Å². The highest BCUT2D eigenvalue weighted by molar-refractivity contribution is 7.99. The third kappa shape index (κ3) is 5.48. The summed E-state index contributed by atoms with van der Waals surface area (Å²) in [6, 6.07) is 12.2. The molecule has 3 aromatic heterocycles. The normalized spacial score (nSPS) is 11.6. The standard InChI is InChI=1S/C22H20F3N5O2S/c1-29-9-3-7-16(29)12-19-27-28-21(33-14-20(31)26-13-18-8-4-10-32-18)30(19)17-6-2-5-15(11-17)22(23,24)25/h2-11H,12-14H2,1H3,(H,26,31). The van der Waals surface area contributed by atoms with Crippen molar-refractivity contribution in [2.75, 3.05) is 5.75 Å². The molecule has 4 rings (SSSR count). The van der Waals surface area contributed by atoms with Crippen molar-refractivity contribution in [3.8, 4) is 5.69 Å². The van der Waals surface area contributed by atoms with Crippen molar-refractivity contribution in [3.63, 3.8) is 0 Å². The summed E-state index contributed by atoms with van der Waals surface area (Å²) in [5, 5.41) is 11.4. The van der Waals surface area contributed by atoms with Crippen LogP contribution in [0.25, 0.3) is 5.69 Å². The van der Waals surface area contributed by atoms with E-state index in [9.17, 15) is 18.0 Å². The number of rotatable bonds is 8. The van der Waals surface area contributed by atoms with Crippen molar-refractivity contribution in [2.24, 2.45) is 7.05 Å². The van der Waals surface area contributed by atoms with E-state index in [0.717, 1.165) is 29.6 Å². The van der Waals surface area contributed by atoms with Crippen LogP contribution in [0.4, 0.5) is 13.2 Å². The van der Waals surface area contributed by atoms with Crippen molar-refractivity contribution in [1.29, 1.82) is 0 Å². The Bertz CT molecular complexity index is 1230. The summed E-state index contributed by atoms with van der Waals surface area (Å²) in [5.41, 5.74) is 0.423. The van der Waals surface area contributed by atoms with Gasteiger partial charge < -0.3 is 14.3 Å². The molecule has 0 unspecified atom stereocenters. The monoisotopic (exact) mass is 475 g/mol. The van der Waals surface area contributed by atoms with Gasteiger partial charge in [0.05, 0.1) is 29.8 Å². The highest BCUT2D eigenvalue weighted by Gasteiger charge is 2.31. The van der Waals surface area contributed by atoms with Crippen LogP contribution in [0.5, 0.6) is 0 Å². The van der Waals surface area contributed by atoms with Crippen LogP contribution in [0.3, 0.4) is 0 Å². The molecule has 172 valence electrons. The molecule has 1 N–H and O–H groups in total. The first-order valence-corrected chi connectivity index (χ1v) is 10.9. The third-order valence-corrected chi connectivity index (χ3v) is 5.82. The molecule has 0 saturated heterocycles. The number of nitrogens with one attached hydrogen (secondary N) is 1. The number of alkyl halides is 3. The number of aryl methyl sites for hydroxylation is 1. The average molecular weight is 475 g/mol. The van der Waals surface area contributed by atoms with Gasteiger partial charge in [-0.15, -0.1) is 10.2 Å². The maximum absolute atomic E-state index is 13.3. The van der Waals surface area contributed by atoms with Crippen LogP contribution in [0.1, 0.15) is 22.8 Å². The highest BCUT2D eigenvalue weighted by Crippen LogP contribution is 2.32. The molecule has 0 radical (unpaired) electrons. The van der Waals surface area contributed by atoms with E-state index in [4.69, 9.17) is 4.42 Å². The number of carbonyl (C=O) groups is 1. The lowest BCUT2D eigenvalue weighted by atomic mass is 10.2. The predicted octanol–water partition coefficient (Wildman–Crippen LogP) is 4.22. The van der Waals surface area contributed by atoms with Gasteiger partial charge in [-0.2, -0.15) is 13.2 Å². The molecule has 7 nitrogen and oxygen atoms in total. The SMILES string of the molecule is Cn1cccc1Cc1nnc(SCC(=O)NCc2ccco2)n1-c1cccc(C(F)(F)F)c1. The third-order valence-electron chi connectivity index (χ3n) is 4.89. The van der Waals surface area contributed by atoms with Gasteiger partial charge >= 0.3 is 6.18 Å². The molecule has 0 aliphatic rings. The molecule has 3 heterocycles. The lowest BCUT2D eigenvalue weighted by Crippen LogP contribution is -2.24. The number of amides is 1. The number of thioether (sulfide) groups is 1. The van der Waals surface area contributed by atoms with Crippen LogP contribution in [0, 0.1) is 0 Å². The summed E-state index contributed by atoms with van der Waals surface area (Å²) in [6.45, 7) is 0.242. The fourth-order valence-corrected chi connectivity index (χ4v) is 4.01. The predicted molar refractivity (Wildman–Crippen MR) is 116 cm³/mol. The van der Waals surface area contributed by atoms with Gasteiger partial charge in [-0.1, -0.05) is 17.8 Å². The first-order valence-electron chi connectivity index (χ1n) is 9.95. The number of furan rings is 1. The molecule has 0 aliphatic carbocycles. The van der Waals surface area contributed by atoms with E-state index in [-0.39, 0.29) is 23.9 Å². The lowest BCUT2D eigenvalue weighted by molar-refractivity contribution is -0.137. The van der Waals surface area contributed by atoms with Gasteiger partial charge in [-0.3, -0.25) is 9.36 Å². The molecule has 0 atom stereocenters. The number of carbonyl (C=O) groups excluding carboxylic acids is 1. The van der Waals surface area contributed by atoms with Crippen molar-refractivity contribution < 1.29 is 22.4 Å².